The first-order valence-corrected chi connectivity index (χ1v) is 12.4. The number of carboxylic acid groups (broad SMARTS) is 2. The van der Waals surface area contributed by atoms with E-state index in [4.69, 9.17) is 0 Å². The first-order valence-electron chi connectivity index (χ1n) is 12.4. The Balaban J connectivity index is 1.91. The minimum Gasteiger partial charge on any atom is -0.478 e. The lowest BCUT2D eigenvalue weighted by molar-refractivity contribution is 0.0686. The largest absolute Gasteiger partial charge is 0.478 e. The Kier molecular flexibility index (Phi) is 6.68. The van der Waals surface area contributed by atoms with Gasteiger partial charge >= 0.3 is 11.9 Å². The lowest BCUT2D eigenvalue weighted by atomic mass is 9.78. The monoisotopic (exact) mass is 476 g/mol. The maximum atomic E-state index is 12.3. The van der Waals surface area contributed by atoms with Crippen LogP contribution in [0, 0.1) is 0 Å². The Bertz CT molecular complexity index is 1420. The Morgan fingerprint density at radius 1 is 0.583 bits per heavy atom. The van der Waals surface area contributed by atoms with E-state index in [1.54, 1.807) is 24.3 Å². The van der Waals surface area contributed by atoms with Gasteiger partial charge in [-0.1, -0.05) is 98.1 Å². The van der Waals surface area contributed by atoms with Crippen molar-refractivity contribution in [1.29, 1.82) is 0 Å². The molecule has 0 spiro atoms. The zero-order valence-electron chi connectivity index (χ0n) is 20.0. The minimum atomic E-state index is -1.02. The van der Waals surface area contributed by atoms with Crippen LogP contribution in [0.1, 0.15) is 64.3 Å². The van der Waals surface area contributed by atoms with Gasteiger partial charge in [-0.3, -0.25) is 0 Å². The molecule has 4 nitrogen and oxygen atoms in total. The quantitative estimate of drug-likeness (QED) is 0.295. The summed E-state index contributed by atoms with van der Waals surface area (Å²) in [4.78, 5) is 24.6. The van der Waals surface area contributed by atoms with Crippen LogP contribution in [-0.2, 0) is 0 Å². The number of carboxylic acids is 2. The van der Waals surface area contributed by atoms with Crippen molar-refractivity contribution >= 4 is 11.9 Å². The predicted octanol–water partition coefficient (Wildman–Crippen LogP) is 8.13. The van der Waals surface area contributed by atoms with Crippen molar-refractivity contribution in [2.75, 3.05) is 0 Å². The molecule has 4 aromatic carbocycles. The van der Waals surface area contributed by atoms with Gasteiger partial charge in [0.2, 0.25) is 0 Å². The standard InChI is InChI=1S/C32H28O4/c33-31(34)26-17-9-7-15-24(26)29-20-23(21-11-3-1-4-12-21)19-28(22-13-5-2-6-14-22)30(29)25-16-8-10-18-27(25)32(35)36/h2,5-10,13-21H,1,3-4,11-12H2,(H,33,34)(H,35,36). The molecular formula is C32H28O4. The second-order valence-corrected chi connectivity index (χ2v) is 9.39. The molecule has 1 fully saturated rings. The van der Waals surface area contributed by atoms with Crippen LogP contribution in [0.25, 0.3) is 33.4 Å². The molecule has 4 aromatic rings. The van der Waals surface area contributed by atoms with Gasteiger partial charge < -0.3 is 10.2 Å². The summed E-state index contributed by atoms with van der Waals surface area (Å²) in [6.45, 7) is 0. The van der Waals surface area contributed by atoms with E-state index in [0.717, 1.165) is 35.1 Å². The van der Waals surface area contributed by atoms with Crippen LogP contribution >= 0.6 is 0 Å². The Morgan fingerprint density at radius 3 is 1.75 bits per heavy atom. The molecule has 4 heteroatoms. The number of benzene rings is 4. The molecule has 1 aliphatic carbocycles. The first-order chi connectivity index (χ1) is 17.5. The van der Waals surface area contributed by atoms with Crippen LogP contribution in [-0.4, -0.2) is 22.2 Å². The van der Waals surface area contributed by atoms with Gasteiger partial charge in [-0.05, 0) is 69.8 Å². The van der Waals surface area contributed by atoms with Gasteiger partial charge in [-0.2, -0.15) is 0 Å². The molecule has 0 atom stereocenters. The van der Waals surface area contributed by atoms with Gasteiger partial charge in [0.05, 0.1) is 11.1 Å². The molecule has 0 amide bonds. The van der Waals surface area contributed by atoms with Gasteiger partial charge in [-0.15, -0.1) is 0 Å². The SMILES string of the molecule is O=C(O)c1ccccc1-c1cc(C2CCCCC2)cc(-c2ccccc2)c1-c1ccccc1C(=O)O. The van der Waals surface area contributed by atoms with E-state index in [1.807, 2.05) is 54.6 Å². The fraction of sp³-hybridized carbons (Fsp3) is 0.188. The highest BCUT2D eigenvalue weighted by atomic mass is 16.4. The third-order valence-corrected chi connectivity index (χ3v) is 7.20. The van der Waals surface area contributed by atoms with Gasteiger partial charge in [0.15, 0.2) is 0 Å². The highest BCUT2D eigenvalue weighted by Crippen LogP contribution is 2.46. The van der Waals surface area contributed by atoms with Crippen LogP contribution in [0.5, 0.6) is 0 Å². The van der Waals surface area contributed by atoms with E-state index < -0.39 is 11.9 Å². The van der Waals surface area contributed by atoms with E-state index in [0.29, 0.717) is 17.0 Å². The van der Waals surface area contributed by atoms with Crippen molar-refractivity contribution in [2.24, 2.45) is 0 Å². The fourth-order valence-corrected chi connectivity index (χ4v) is 5.48. The van der Waals surface area contributed by atoms with Crippen molar-refractivity contribution in [3.63, 3.8) is 0 Å². The Labute approximate surface area is 210 Å². The van der Waals surface area contributed by atoms with E-state index in [-0.39, 0.29) is 11.1 Å². The summed E-state index contributed by atoms with van der Waals surface area (Å²) in [6, 6.07) is 28.2. The Morgan fingerprint density at radius 2 is 1.11 bits per heavy atom. The number of aromatic carboxylic acids is 2. The molecule has 180 valence electrons. The molecule has 0 unspecified atom stereocenters. The molecule has 0 saturated heterocycles. The molecule has 0 heterocycles. The van der Waals surface area contributed by atoms with Crippen LogP contribution in [0.3, 0.4) is 0 Å². The van der Waals surface area contributed by atoms with Crippen molar-refractivity contribution in [1.82, 2.24) is 0 Å². The Hall–Kier alpha value is -4.18. The molecule has 5 rings (SSSR count). The smallest absolute Gasteiger partial charge is 0.336 e. The molecule has 1 saturated carbocycles. The molecule has 1 aliphatic rings. The minimum absolute atomic E-state index is 0.189. The fourth-order valence-electron chi connectivity index (χ4n) is 5.48. The average molecular weight is 477 g/mol. The van der Waals surface area contributed by atoms with Crippen molar-refractivity contribution in [3.05, 3.63) is 108 Å². The average Bonchev–Trinajstić information content (AvgIpc) is 2.93. The highest BCUT2D eigenvalue weighted by molar-refractivity contribution is 6.06. The van der Waals surface area contributed by atoms with E-state index >= 15 is 0 Å². The molecule has 0 bridgehead atoms. The van der Waals surface area contributed by atoms with Gasteiger partial charge in [0, 0.05) is 0 Å². The zero-order chi connectivity index (χ0) is 25.1. The van der Waals surface area contributed by atoms with Crippen molar-refractivity contribution < 1.29 is 19.8 Å². The number of carbonyl (C=O) groups is 2. The second kappa shape index (κ2) is 10.2. The van der Waals surface area contributed by atoms with E-state index in [1.165, 1.54) is 24.8 Å². The van der Waals surface area contributed by atoms with Crippen LogP contribution in [0.2, 0.25) is 0 Å². The van der Waals surface area contributed by atoms with E-state index in [2.05, 4.69) is 12.1 Å². The van der Waals surface area contributed by atoms with Crippen LogP contribution in [0.4, 0.5) is 0 Å². The maximum Gasteiger partial charge on any atom is 0.336 e. The summed E-state index contributed by atoms with van der Waals surface area (Å²) in [7, 11) is 0. The summed E-state index contributed by atoms with van der Waals surface area (Å²) < 4.78 is 0. The summed E-state index contributed by atoms with van der Waals surface area (Å²) in [5.74, 6) is -1.63. The highest BCUT2D eigenvalue weighted by Gasteiger charge is 2.25. The summed E-state index contributed by atoms with van der Waals surface area (Å²) >= 11 is 0. The number of hydrogen-bond acceptors (Lipinski definition) is 2. The van der Waals surface area contributed by atoms with Gasteiger partial charge in [-0.25, -0.2) is 9.59 Å². The van der Waals surface area contributed by atoms with Crippen molar-refractivity contribution in [3.8, 4) is 33.4 Å². The summed E-state index contributed by atoms with van der Waals surface area (Å²) in [5, 5.41) is 20.1. The zero-order valence-corrected chi connectivity index (χ0v) is 20.0. The molecule has 0 aromatic heterocycles. The van der Waals surface area contributed by atoms with E-state index in [9.17, 15) is 19.8 Å². The second-order valence-electron chi connectivity index (χ2n) is 9.39. The van der Waals surface area contributed by atoms with Crippen molar-refractivity contribution in [2.45, 2.75) is 38.0 Å². The first kappa shape index (κ1) is 23.6. The summed E-state index contributed by atoms with van der Waals surface area (Å²) in [6.07, 6.45) is 5.78. The molecule has 36 heavy (non-hydrogen) atoms. The molecular weight excluding hydrogens is 448 g/mol. The van der Waals surface area contributed by atoms with Crippen LogP contribution in [0.15, 0.2) is 91.0 Å². The predicted molar refractivity (Wildman–Crippen MR) is 142 cm³/mol. The normalized spacial score (nSPS) is 13.9. The maximum absolute atomic E-state index is 12.3. The van der Waals surface area contributed by atoms with Gasteiger partial charge in [0.1, 0.15) is 0 Å². The molecule has 0 radical (unpaired) electrons. The molecule has 2 N–H and O–H groups in total. The lowest BCUT2D eigenvalue weighted by Gasteiger charge is -2.26. The number of hydrogen-bond donors (Lipinski definition) is 2. The third-order valence-electron chi connectivity index (χ3n) is 7.20. The number of rotatable bonds is 6. The van der Waals surface area contributed by atoms with Gasteiger partial charge in [0.25, 0.3) is 0 Å². The summed E-state index contributed by atoms with van der Waals surface area (Å²) in [5.41, 5.74) is 6.13. The third kappa shape index (κ3) is 4.55. The lowest BCUT2D eigenvalue weighted by Crippen LogP contribution is -2.08. The topological polar surface area (TPSA) is 74.6 Å². The molecule has 0 aliphatic heterocycles. The van der Waals surface area contributed by atoms with Crippen LogP contribution < -0.4 is 0 Å².